The van der Waals surface area contributed by atoms with Crippen molar-refractivity contribution in [1.29, 1.82) is 0 Å². The SMILES string of the molecule is CCNc1nc(OC)nc(-c2ccc(OC(C)C)cc2)n1. The molecule has 1 aromatic carbocycles. The third kappa shape index (κ3) is 4.05. The molecule has 0 amide bonds. The molecule has 2 aromatic rings. The number of rotatable bonds is 6. The number of hydrogen-bond donors (Lipinski definition) is 1. The Morgan fingerprint density at radius 2 is 1.81 bits per heavy atom. The Labute approximate surface area is 124 Å². The fourth-order valence-electron chi connectivity index (χ4n) is 1.77. The standard InChI is InChI=1S/C15H20N4O2/c1-5-16-14-17-13(18-15(19-14)20-4)11-6-8-12(9-7-11)21-10(2)3/h6-10H,5H2,1-4H3,(H,16,17,18,19). The largest absolute Gasteiger partial charge is 0.491 e. The molecule has 0 radical (unpaired) electrons. The van der Waals surface area contributed by atoms with Gasteiger partial charge in [0.05, 0.1) is 13.2 Å². The van der Waals surface area contributed by atoms with Crippen LogP contribution in [0.4, 0.5) is 5.95 Å². The Bertz CT molecular complexity index is 585. The average molecular weight is 288 g/mol. The van der Waals surface area contributed by atoms with Crippen LogP contribution in [-0.2, 0) is 0 Å². The lowest BCUT2D eigenvalue weighted by molar-refractivity contribution is 0.242. The van der Waals surface area contributed by atoms with Gasteiger partial charge >= 0.3 is 6.01 Å². The summed E-state index contributed by atoms with van der Waals surface area (Å²) in [5.41, 5.74) is 0.881. The summed E-state index contributed by atoms with van der Waals surface area (Å²) >= 11 is 0. The lowest BCUT2D eigenvalue weighted by atomic mass is 10.2. The van der Waals surface area contributed by atoms with Crippen molar-refractivity contribution in [2.45, 2.75) is 26.9 Å². The molecule has 112 valence electrons. The summed E-state index contributed by atoms with van der Waals surface area (Å²) in [6.45, 7) is 6.70. The van der Waals surface area contributed by atoms with Crippen LogP contribution in [0, 0.1) is 0 Å². The molecule has 2 rings (SSSR count). The molecule has 0 fully saturated rings. The van der Waals surface area contributed by atoms with Crippen molar-refractivity contribution in [2.75, 3.05) is 19.0 Å². The van der Waals surface area contributed by atoms with Crippen LogP contribution in [0.25, 0.3) is 11.4 Å². The minimum absolute atomic E-state index is 0.147. The monoisotopic (exact) mass is 288 g/mol. The first-order valence-corrected chi connectivity index (χ1v) is 6.93. The maximum atomic E-state index is 5.62. The fraction of sp³-hybridized carbons (Fsp3) is 0.400. The molecule has 21 heavy (non-hydrogen) atoms. The number of nitrogens with one attached hydrogen (secondary N) is 1. The fourth-order valence-corrected chi connectivity index (χ4v) is 1.77. The molecule has 0 aliphatic rings. The molecule has 0 atom stereocenters. The molecule has 1 N–H and O–H groups in total. The maximum absolute atomic E-state index is 5.62. The Morgan fingerprint density at radius 1 is 1.10 bits per heavy atom. The van der Waals surface area contributed by atoms with Gasteiger partial charge in [-0.1, -0.05) is 0 Å². The van der Waals surface area contributed by atoms with Gasteiger partial charge in [0.15, 0.2) is 5.82 Å². The highest BCUT2D eigenvalue weighted by molar-refractivity contribution is 5.57. The third-order valence-electron chi connectivity index (χ3n) is 2.62. The molecule has 6 heteroatoms. The van der Waals surface area contributed by atoms with Crippen LogP contribution in [0.3, 0.4) is 0 Å². The summed E-state index contributed by atoms with van der Waals surface area (Å²) in [7, 11) is 1.54. The van der Waals surface area contributed by atoms with E-state index in [-0.39, 0.29) is 6.10 Å². The van der Waals surface area contributed by atoms with Crippen molar-refractivity contribution in [3.63, 3.8) is 0 Å². The van der Waals surface area contributed by atoms with Gasteiger partial charge in [0.25, 0.3) is 0 Å². The molecular weight excluding hydrogens is 268 g/mol. The second kappa shape index (κ2) is 6.88. The van der Waals surface area contributed by atoms with E-state index in [0.29, 0.717) is 17.8 Å². The van der Waals surface area contributed by atoms with Crippen LogP contribution in [-0.4, -0.2) is 34.7 Å². The molecular formula is C15H20N4O2. The third-order valence-corrected chi connectivity index (χ3v) is 2.62. The second-order valence-corrected chi connectivity index (χ2v) is 4.69. The Balaban J connectivity index is 2.29. The van der Waals surface area contributed by atoms with Crippen LogP contribution in [0.2, 0.25) is 0 Å². The van der Waals surface area contributed by atoms with Crippen molar-refractivity contribution in [1.82, 2.24) is 15.0 Å². The van der Waals surface area contributed by atoms with Crippen LogP contribution >= 0.6 is 0 Å². The number of methoxy groups -OCH3 is 1. The van der Waals surface area contributed by atoms with Gasteiger partial charge in [-0.05, 0) is 45.0 Å². The zero-order chi connectivity index (χ0) is 15.2. The van der Waals surface area contributed by atoms with Crippen LogP contribution < -0.4 is 14.8 Å². The summed E-state index contributed by atoms with van der Waals surface area (Å²) in [6, 6.07) is 7.93. The number of anilines is 1. The molecule has 0 spiro atoms. The topological polar surface area (TPSA) is 69.2 Å². The predicted molar refractivity (Wildman–Crippen MR) is 81.7 cm³/mol. The van der Waals surface area contributed by atoms with Gasteiger partial charge < -0.3 is 14.8 Å². The first-order chi connectivity index (χ1) is 10.1. The van der Waals surface area contributed by atoms with Gasteiger partial charge in [-0.15, -0.1) is 0 Å². The van der Waals surface area contributed by atoms with Crippen molar-refractivity contribution >= 4 is 5.95 Å². The zero-order valence-corrected chi connectivity index (χ0v) is 12.8. The molecule has 0 aliphatic heterocycles. The molecule has 1 heterocycles. The van der Waals surface area contributed by atoms with Crippen LogP contribution in [0.15, 0.2) is 24.3 Å². The quantitative estimate of drug-likeness (QED) is 0.881. The maximum Gasteiger partial charge on any atom is 0.321 e. The summed E-state index contributed by atoms with van der Waals surface area (Å²) in [5.74, 6) is 1.89. The van der Waals surface area contributed by atoms with E-state index in [0.717, 1.165) is 17.9 Å². The Hall–Kier alpha value is -2.37. The smallest absolute Gasteiger partial charge is 0.321 e. The van der Waals surface area contributed by atoms with E-state index in [1.165, 1.54) is 7.11 Å². The molecule has 0 unspecified atom stereocenters. The number of hydrogen-bond acceptors (Lipinski definition) is 6. The van der Waals surface area contributed by atoms with Gasteiger partial charge in [0.1, 0.15) is 5.75 Å². The highest BCUT2D eigenvalue weighted by Crippen LogP contribution is 2.22. The normalized spacial score (nSPS) is 10.5. The van der Waals surface area contributed by atoms with Gasteiger partial charge in [0.2, 0.25) is 5.95 Å². The van der Waals surface area contributed by atoms with Gasteiger partial charge in [0, 0.05) is 12.1 Å². The molecule has 0 saturated heterocycles. The Morgan fingerprint density at radius 3 is 2.38 bits per heavy atom. The highest BCUT2D eigenvalue weighted by atomic mass is 16.5. The first-order valence-electron chi connectivity index (χ1n) is 6.93. The molecule has 0 bridgehead atoms. The Kier molecular flexibility index (Phi) is 4.92. The van der Waals surface area contributed by atoms with Gasteiger partial charge in [-0.2, -0.15) is 15.0 Å². The van der Waals surface area contributed by atoms with E-state index in [2.05, 4.69) is 20.3 Å². The average Bonchev–Trinajstić information content (AvgIpc) is 2.47. The predicted octanol–water partition coefficient (Wildman–Crippen LogP) is 2.77. The first kappa shape index (κ1) is 15.0. The lowest BCUT2D eigenvalue weighted by Gasteiger charge is -2.10. The lowest BCUT2D eigenvalue weighted by Crippen LogP contribution is -2.06. The van der Waals surface area contributed by atoms with Crippen molar-refractivity contribution in [3.8, 4) is 23.1 Å². The highest BCUT2D eigenvalue weighted by Gasteiger charge is 2.09. The molecule has 0 aliphatic carbocycles. The summed E-state index contributed by atoms with van der Waals surface area (Å²) in [6.07, 6.45) is 0.147. The molecule has 1 aromatic heterocycles. The zero-order valence-electron chi connectivity index (χ0n) is 12.8. The number of benzene rings is 1. The van der Waals surface area contributed by atoms with E-state index in [1.807, 2.05) is 45.0 Å². The van der Waals surface area contributed by atoms with Gasteiger partial charge in [-0.3, -0.25) is 0 Å². The van der Waals surface area contributed by atoms with Crippen molar-refractivity contribution in [3.05, 3.63) is 24.3 Å². The molecule has 0 saturated carbocycles. The number of ether oxygens (including phenoxy) is 2. The minimum Gasteiger partial charge on any atom is -0.491 e. The summed E-state index contributed by atoms with van der Waals surface area (Å²) < 4.78 is 10.7. The van der Waals surface area contributed by atoms with E-state index < -0.39 is 0 Å². The summed E-state index contributed by atoms with van der Waals surface area (Å²) in [4.78, 5) is 12.8. The van der Waals surface area contributed by atoms with Crippen LogP contribution in [0.5, 0.6) is 11.8 Å². The summed E-state index contributed by atoms with van der Waals surface area (Å²) in [5, 5.41) is 3.06. The van der Waals surface area contributed by atoms with E-state index in [4.69, 9.17) is 9.47 Å². The van der Waals surface area contributed by atoms with Crippen molar-refractivity contribution in [2.24, 2.45) is 0 Å². The number of aromatic nitrogens is 3. The van der Waals surface area contributed by atoms with E-state index in [9.17, 15) is 0 Å². The van der Waals surface area contributed by atoms with Gasteiger partial charge in [-0.25, -0.2) is 0 Å². The van der Waals surface area contributed by atoms with Crippen molar-refractivity contribution < 1.29 is 9.47 Å². The number of nitrogens with zero attached hydrogens (tertiary/aromatic N) is 3. The second-order valence-electron chi connectivity index (χ2n) is 4.69. The van der Waals surface area contributed by atoms with Crippen LogP contribution in [0.1, 0.15) is 20.8 Å². The molecule has 6 nitrogen and oxygen atoms in total. The minimum atomic E-state index is 0.147. The van der Waals surface area contributed by atoms with E-state index in [1.54, 1.807) is 0 Å². The van der Waals surface area contributed by atoms with E-state index >= 15 is 0 Å².